The Morgan fingerprint density at radius 2 is 1.71 bits per heavy atom. The first-order valence-electron chi connectivity index (χ1n) is 9.84. The van der Waals surface area contributed by atoms with Gasteiger partial charge >= 0.3 is 6.01 Å². The van der Waals surface area contributed by atoms with Crippen LogP contribution < -0.4 is 5.73 Å². The molecule has 5 aromatic rings. The van der Waals surface area contributed by atoms with Crippen LogP contribution in [0, 0.1) is 0 Å². The SMILES string of the molecule is CCn1c2ccccc2c2cc(C(C)=O)ccc21.Nc1nnc(-c2ccc(Br)cc2)o1. The van der Waals surface area contributed by atoms with E-state index in [1.54, 1.807) is 6.92 Å². The number of aryl methyl sites for hydroxylation is 1. The van der Waals surface area contributed by atoms with Crippen LogP contribution in [0.5, 0.6) is 0 Å². The summed E-state index contributed by atoms with van der Waals surface area (Å²) < 4.78 is 8.34. The average molecular weight is 477 g/mol. The highest BCUT2D eigenvalue weighted by atomic mass is 79.9. The van der Waals surface area contributed by atoms with E-state index in [0.29, 0.717) is 5.89 Å². The second kappa shape index (κ2) is 8.73. The highest BCUT2D eigenvalue weighted by Crippen LogP contribution is 2.29. The van der Waals surface area contributed by atoms with E-state index in [2.05, 4.69) is 61.9 Å². The Bertz CT molecular complexity index is 1370. The Morgan fingerprint density at radius 1 is 1.00 bits per heavy atom. The molecule has 0 aliphatic heterocycles. The van der Waals surface area contributed by atoms with Crippen molar-refractivity contribution in [2.45, 2.75) is 20.4 Å². The minimum Gasteiger partial charge on any atom is -0.404 e. The van der Waals surface area contributed by atoms with Crippen molar-refractivity contribution in [2.24, 2.45) is 0 Å². The number of carbonyl (C=O) groups excluding carboxylic acids is 1. The number of ketones is 1. The zero-order valence-corrected chi connectivity index (χ0v) is 18.8. The maximum Gasteiger partial charge on any atom is 0.313 e. The largest absolute Gasteiger partial charge is 0.404 e. The van der Waals surface area contributed by atoms with Crippen LogP contribution in [0.2, 0.25) is 0 Å². The number of anilines is 1. The van der Waals surface area contributed by atoms with Gasteiger partial charge in [-0.3, -0.25) is 4.79 Å². The zero-order chi connectivity index (χ0) is 22.0. The normalized spacial score (nSPS) is 10.8. The Hall–Kier alpha value is -3.45. The molecular weight excluding hydrogens is 456 g/mol. The van der Waals surface area contributed by atoms with Crippen molar-refractivity contribution < 1.29 is 9.21 Å². The molecule has 0 spiro atoms. The van der Waals surface area contributed by atoms with Crippen molar-refractivity contribution in [2.75, 3.05) is 5.73 Å². The molecular formula is C24H21BrN4O2. The van der Waals surface area contributed by atoms with Crippen LogP contribution in [-0.4, -0.2) is 20.5 Å². The summed E-state index contributed by atoms with van der Waals surface area (Å²) in [6.45, 7) is 4.69. The van der Waals surface area contributed by atoms with Gasteiger partial charge in [0.15, 0.2) is 5.78 Å². The Labute approximate surface area is 187 Å². The Morgan fingerprint density at radius 3 is 2.35 bits per heavy atom. The highest BCUT2D eigenvalue weighted by Gasteiger charge is 2.10. The quantitative estimate of drug-likeness (QED) is 0.318. The number of nitrogen functional groups attached to an aromatic ring is 1. The summed E-state index contributed by atoms with van der Waals surface area (Å²) in [4.78, 5) is 11.5. The molecule has 0 atom stereocenters. The fourth-order valence-electron chi connectivity index (χ4n) is 3.56. The highest BCUT2D eigenvalue weighted by molar-refractivity contribution is 9.10. The topological polar surface area (TPSA) is 86.9 Å². The van der Waals surface area contributed by atoms with Crippen LogP contribution in [0.3, 0.4) is 0 Å². The van der Waals surface area contributed by atoms with E-state index in [0.717, 1.165) is 22.1 Å². The number of Topliss-reactive ketones (excluding diaryl/α,β-unsaturated/α-hetero) is 1. The molecule has 156 valence electrons. The van der Waals surface area contributed by atoms with Gasteiger partial charge in [0.1, 0.15) is 0 Å². The van der Waals surface area contributed by atoms with E-state index >= 15 is 0 Å². The van der Waals surface area contributed by atoms with Gasteiger partial charge < -0.3 is 14.7 Å². The van der Waals surface area contributed by atoms with Crippen molar-refractivity contribution >= 4 is 49.5 Å². The van der Waals surface area contributed by atoms with E-state index in [1.807, 2.05) is 42.5 Å². The maximum atomic E-state index is 11.5. The first-order valence-corrected chi connectivity index (χ1v) is 10.6. The minimum absolute atomic E-state index is 0.0814. The van der Waals surface area contributed by atoms with Crippen LogP contribution in [0.25, 0.3) is 33.3 Å². The number of fused-ring (bicyclic) bond motifs is 3. The number of aromatic nitrogens is 3. The number of halogens is 1. The van der Waals surface area contributed by atoms with Crippen LogP contribution >= 0.6 is 15.9 Å². The first-order chi connectivity index (χ1) is 15.0. The third-order valence-electron chi connectivity index (χ3n) is 5.03. The summed E-state index contributed by atoms with van der Waals surface area (Å²) in [6, 6.07) is 21.9. The number of carbonyl (C=O) groups is 1. The summed E-state index contributed by atoms with van der Waals surface area (Å²) in [5, 5.41) is 9.71. The predicted molar refractivity (Wildman–Crippen MR) is 127 cm³/mol. The van der Waals surface area contributed by atoms with Crippen LogP contribution in [0.15, 0.2) is 75.6 Å². The maximum absolute atomic E-state index is 11.5. The molecule has 0 saturated heterocycles. The van der Waals surface area contributed by atoms with E-state index in [1.165, 1.54) is 21.8 Å². The van der Waals surface area contributed by atoms with Gasteiger partial charge in [0.25, 0.3) is 0 Å². The molecule has 5 rings (SSSR count). The molecule has 0 radical (unpaired) electrons. The van der Waals surface area contributed by atoms with Gasteiger partial charge in [-0.15, -0.1) is 5.10 Å². The predicted octanol–water partition coefficient (Wildman–Crippen LogP) is 6.10. The van der Waals surface area contributed by atoms with Gasteiger partial charge in [-0.05, 0) is 62.4 Å². The van der Waals surface area contributed by atoms with Gasteiger partial charge in [0, 0.05) is 44.0 Å². The zero-order valence-electron chi connectivity index (χ0n) is 17.2. The monoisotopic (exact) mass is 476 g/mol. The number of hydrogen-bond donors (Lipinski definition) is 1. The van der Waals surface area contributed by atoms with Gasteiger partial charge in [-0.1, -0.05) is 39.2 Å². The standard InChI is InChI=1S/C16H15NO.C8H6BrN3O/c1-3-17-15-7-5-4-6-13(15)14-10-12(11(2)18)8-9-16(14)17;9-6-3-1-5(2-4-6)7-11-12-8(10)13-7/h4-10H,3H2,1-2H3;1-4H,(H2,10,12). The minimum atomic E-state index is 0.0814. The van der Waals surface area contributed by atoms with Crippen molar-refractivity contribution in [3.8, 4) is 11.5 Å². The molecule has 2 heterocycles. The van der Waals surface area contributed by atoms with Gasteiger partial charge in [-0.25, -0.2) is 0 Å². The summed E-state index contributed by atoms with van der Waals surface area (Å²) in [5.74, 6) is 0.551. The van der Waals surface area contributed by atoms with Gasteiger partial charge in [-0.2, -0.15) is 0 Å². The molecule has 0 fully saturated rings. The van der Waals surface area contributed by atoms with E-state index in [4.69, 9.17) is 10.2 Å². The molecule has 0 aliphatic carbocycles. The molecule has 0 saturated carbocycles. The fourth-order valence-corrected chi connectivity index (χ4v) is 3.82. The smallest absolute Gasteiger partial charge is 0.313 e. The van der Waals surface area contributed by atoms with Crippen molar-refractivity contribution in [3.63, 3.8) is 0 Å². The summed E-state index contributed by atoms with van der Waals surface area (Å²) in [6.07, 6.45) is 0. The molecule has 0 aliphatic rings. The fraction of sp³-hybridized carbons (Fsp3) is 0.125. The number of nitrogens with zero attached hydrogens (tertiary/aromatic N) is 3. The Balaban J connectivity index is 0.000000158. The lowest BCUT2D eigenvalue weighted by atomic mass is 10.1. The third kappa shape index (κ3) is 4.22. The molecule has 0 unspecified atom stereocenters. The van der Waals surface area contributed by atoms with E-state index < -0.39 is 0 Å². The summed E-state index contributed by atoms with van der Waals surface area (Å²) in [5.41, 5.74) is 9.36. The number of hydrogen-bond acceptors (Lipinski definition) is 5. The summed E-state index contributed by atoms with van der Waals surface area (Å²) in [7, 11) is 0. The summed E-state index contributed by atoms with van der Waals surface area (Å²) >= 11 is 3.33. The molecule has 7 heteroatoms. The molecule has 0 amide bonds. The van der Waals surface area contributed by atoms with Gasteiger partial charge in [0.2, 0.25) is 5.89 Å². The van der Waals surface area contributed by atoms with E-state index in [9.17, 15) is 4.79 Å². The third-order valence-corrected chi connectivity index (χ3v) is 5.56. The molecule has 2 aromatic heterocycles. The average Bonchev–Trinajstić information content (AvgIpc) is 3.35. The molecule has 31 heavy (non-hydrogen) atoms. The lowest BCUT2D eigenvalue weighted by Crippen LogP contribution is -1.94. The lowest BCUT2D eigenvalue weighted by Gasteiger charge is -2.02. The first kappa shape index (κ1) is 20.8. The van der Waals surface area contributed by atoms with Crippen molar-refractivity contribution in [3.05, 3.63) is 76.8 Å². The number of rotatable bonds is 3. The van der Waals surface area contributed by atoms with Crippen LogP contribution in [0.1, 0.15) is 24.2 Å². The van der Waals surface area contributed by atoms with Crippen molar-refractivity contribution in [1.82, 2.24) is 14.8 Å². The molecule has 6 nitrogen and oxygen atoms in total. The van der Waals surface area contributed by atoms with Gasteiger partial charge in [0.05, 0.1) is 0 Å². The molecule has 0 bridgehead atoms. The number of nitrogens with two attached hydrogens (primary N) is 1. The number of benzene rings is 3. The second-order valence-corrected chi connectivity index (χ2v) is 7.92. The van der Waals surface area contributed by atoms with Crippen LogP contribution in [0.4, 0.5) is 6.01 Å². The lowest BCUT2D eigenvalue weighted by molar-refractivity contribution is 0.101. The number of para-hydroxylation sites is 1. The Kier molecular flexibility index (Phi) is 5.86. The second-order valence-electron chi connectivity index (χ2n) is 7.00. The van der Waals surface area contributed by atoms with Crippen molar-refractivity contribution in [1.29, 1.82) is 0 Å². The van der Waals surface area contributed by atoms with E-state index in [-0.39, 0.29) is 11.8 Å². The van der Waals surface area contributed by atoms with Crippen LogP contribution in [-0.2, 0) is 6.54 Å². The molecule has 2 N–H and O–H groups in total. The molecule has 3 aromatic carbocycles.